The fourth-order valence-corrected chi connectivity index (χ4v) is 2.45. The van der Waals surface area contributed by atoms with Gasteiger partial charge in [-0.2, -0.15) is 0 Å². The van der Waals surface area contributed by atoms with E-state index >= 15 is 0 Å². The predicted molar refractivity (Wildman–Crippen MR) is 83.3 cm³/mol. The first-order chi connectivity index (χ1) is 10.7. The molecule has 1 aliphatic heterocycles. The summed E-state index contributed by atoms with van der Waals surface area (Å²) < 4.78 is 11.0. The van der Waals surface area contributed by atoms with Gasteiger partial charge in [0.1, 0.15) is 18.0 Å². The summed E-state index contributed by atoms with van der Waals surface area (Å²) in [7, 11) is 0. The van der Waals surface area contributed by atoms with Gasteiger partial charge in [0.25, 0.3) is 0 Å². The minimum absolute atomic E-state index is 0.238. The quantitative estimate of drug-likeness (QED) is 0.919. The zero-order chi connectivity index (χ0) is 15.4. The van der Waals surface area contributed by atoms with Crippen molar-refractivity contribution in [1.82, 2.24) is 0 Å². The first kappa shape index (κ1) is 14.6. The lowest BCUT2D eigenvalue weighted by Gasteiger charge is -2.12. The average Bonchev–Trinajstić information content (AvgIpc) is 2.99. The van der Waals surface area contributed by atoms with Crippen molar-refractivity contribution in [2.75, 3.05) is 6.61 Å². The van der Waals surface area contributed by atoms with Gasteiger partial charge in [-0.25, -0.2) is 0 Å². The number of nitrogens with two attached hydrogens (primary N) is 1. The summed E-state index contributed by atoms with van der Waals surface area (Å²) in [5.41, 5.74) is 7.69. The Bertz CT molecular complexity index is 625. The summed E-state index contributed by atoms with van der Waals surface area (Å²) in [5.74, 6) is 0.274. The number of rotatable bonds is 5. The van der Waals surface area contributed by atoms with Gasteiger partial charge in [0.15, 0.2) is 0 Å². The van der Waals surface area contributed by atoms with Crippen molar-refractivity contribution in [1.29, 1.82) is 0 Å². The molecule has 22 heavy (non-hydrogen) atoms. The Morgan fingerprint density at radius 3 is 2.41 bits per heavy atom. The molecule has 2 N–H and O–H groups in total. The molecule has 113 valence electrons. The first-order valence-electron chi connectivity index (χ1n) is 7.26. The number of carbonyl (C=O) groups excluding carboxylic acids is 1. The Hall–Kier alpha value is -2.33. The Morgan fingerprint density at radius 2 is 1.77 bits per heavy atom. The van der Waals surface area contributed by atoms with Crippen molar-refractivity contribution in [2.24, 2.45) is 5.73 Å². The van der Waals surface area contributed by atoms with Crippen molar-refractivity contribution in [2.45, 2.75) is 18.6 Å². The number of benzene rings is 2. The van der Waals surface area contributed by atoms with E-state index in [9.17, 15) is 4.79 Å². The summed E-state index contributed by atoms with van der Waals surface area (Å²) in [6.45, 7) is 0.347. The second-order valence-electron chi connectivity index (χ2n) is 5.31. The van der Waals surface area contributed by atoms with E-state index in [1.165, 1.54) is 11.1 Å². The zero-order valence-electron chi connectivity index (χ0n) is 12.1. The van der Waals surface area contributed by atoms with Crippen LogP contribution in [0, 0.1) is 6.42 Å². The number of carbonyl (C=O) groups is 1. The van der Waals surface area contributed by atoms with Gasteiger partial charge in [-0.15, -0.1) is 0 Å². The van der Waals surface area contributed by atoms with Crippen LogP contribution in [-0.2, 0) is 16.0 Å². The molecule has 4 nitrogen and oxygen atoms in total. The number of hydrogen-bond acceptors (Lipinski definition) is 3. The van der Waals surface area contributed by atoms with Gasteiger partial charge in [-0.3, -0.25) is 4.79 Å². The van der Waals surface area contributed by atoms with E-state index in [4.69, 9.17) is 15.2 Å². The van der Waals surface area contributed by atoms with Crippen LogP contribution >= 0.6 is 0 Å². The summed E-state index contributed by atoms with van der Waals surface area (Å²) in [5, 5.41) is 0. The van der Waals surface area contributed by atoms with Crippen molar-refractivity contribution in [3.63, 3.8) is 0 Å². The largest absolute Gasteiger partial charge is 0.488 e. The van der Waals surface area contributed by atoms with Crippen LogP contribution in [0.2, 0.25) is 0 Å². The zero-order valence-corrected chi connectivity index (χ0v) is 12.1. The number of hydrogen-bond donors (Lipinski definition) is 1. The van der Waals surface area contributed by atoms with Gasteiger partial charge in [0, 0.05) is 6.42 Å². The third kappa shape index (κ3) is 3.65. The Balaban J connectivity index is 1.57. The highest BCUT2D eigenvalue weighted by atomic mass is 16.6. The molecule has 0 bridgehead atoms. The topological polar surface area (TPSA) is 61.6 Å². The van der Waals surface area contributed by atoms with E-state index in [0.717, 1.165) is 12.2 Å². The van der Waals surface area contributed by atoms with Crippen LogP contribution < -0.4 is 10.5 Å². The van der Waals surface area contributed by atoms with Gasteiger partial charge in [0.2, 0.25) is 5.91 Å². The van der Waals surface area contributed by atoms with Crippen molar-refractivity contribution >= 4 is 5.91 Å². The molecule has 2 unspecified atom stereocenters. The van der Waals surface area contributed by atoms with E-state index in [0.29, 0.717) is 6.61 Å². The molecule has 0 saturated carbocycles. The molecular weight excluding hydrogens is 278 g/mol. The molecule has 0 aliphatic carbocycles. The van der Waals surface area contributed by atoms with Gasteiger partial charge in [-0.05, 0) is 29.7 Å². The predicted octanol–water partition coefficient (Wildman–Crippen LogP) is 2.11. The van der Waals surface area contributed by atoms with Crippen LogP contribution in [0.25, 0.3) is 0 Å². The molecule has 0 aromatic heterocycles. The lowest BCUT2D eigenvalue weighted by molar-refractivity contribution is -0.125. The number of amides is 1. The number of ether oxygens (including phenoxy) is 2. The maximum Gasteiger partial charge on any atom is 0.247 e. The highest BCUT2D eigenvalue weighted by Crippen LogP contribution is 2.21. The number of primary amides is 1. The molecule has 1 radical (unpaired) electrons. The smallest absolute Gasteiger partial charge is 0.247 e. The van der Waals surface area contributed by atoms with Crippen LogP contribution in [0.5, 0.6) is 5.75 Å². The summed E-state index contributed by atoms with van der Waals surface area (Å²) in [6.07, 6.45) is 1.70. The lowest BCUT2D eigenvalue weighted by Crippen LogP contribution is -2.28. The van der Waals surface area contributed by atoms with Gasteiger partial charge in [-0.1, -0.05) is 42.5 Å². The standard InChI is InChI=1S/C18H18NO3/c19-18(20)17-11-16(12-21-17)22-15-8-6-14(7-9-15)10-13-4-2-1-3-5-13/h1-9,11,16-17H,10,12H2,(H2,19,20). The fraction of sp³-hybridized carbons (Fsp3) is 0.222. The second kappa shape index (κ2) is 6.62. The molecule has 2 atom stereocenters. The first-order valence-corrected chi connectivity index (χ1v) is 7.26. The molecule has 3 rings (SSSR count). The van der Waals surface area contributed by atoms with E-state index in [2.05, 4.69) is 12.1 Å². The molecule has 2 aromatic carbocycles. The third-order valence-corrected chi connectivity index (χ3v) is 3.57. The van der Waals surface area contributed by atoms with Gasteiger partial charge < -0.3 is 15.2 Å². The summed E-state index contributed by atoms with van der Waals surface area (Å²) in [6, 6.07) is 18.3. The minimum atomic E-state index is -0.651. The minimum Gasteiger partial charge on any atom is -0.488 e. The maximum absolute atomic E-state index is 11.0. The molecule has 4 heteroatoms. The second-order valence-corrected chi connectivity index (χ2v) is 5.31. The van der Waals surface area contributed by atoms with Crippen LogP contribution in [0.4, 0.5) is 0 Å². The van der Waals surface area contributed by atoms with Crippen molar-refractivity contribution in [3.8, 4) is 5.75 Å². The Kier molecular flexibility index (Phi) is 4.39. The van der Waals surface area contributed by atoms with Crippen LogP contribution in [0.15, 0.2) is 54.6 Å². The van der Waals surface area contributed by atoms with E-state index in [1.807, 2.05) is 42.5 Å². The average molecular weight is 296 g/mol. The molecule has 0 spiro atoms. The molecule has 1 fully saturated rings. The third-order valence-electron chi connectivity index (χ3n) is 3.57. The lowest BCUT2D eigenvalue weighted by atomic mass is 10.1. The van der Waals surface area contributed by atoms with Crippen molar-refractivity contribution < 1.29 is 14.3 Å². The Labute approximate surface area is 129 Å². The molecular formula is C18H18NO3. The van der Waals surface area contributed by atoms with Crippen molar-refractivity contribution in [3.05, 3.63) is 72.1 Å². The summed E-state index contributed by atoms with van der Waals surface area (Å²) in [4.78, 5) is 11.0. The van der Waals surface area contributed by atoms with E-state index in [1.54, 1.807) is 6.42 Å². The highest BCUT2D eigenvalue weighted by Gasteiger charge is 2.31. The monoisotopic (exact) mass is 296 g/mol. The van der Waals surface area contributed by atoms with Crippen LogP contribution in [0.3, 0.4) is 0 Å². The molecule has 1 amide bonds. The molecule has 1 aliphatic rings. The van der Waals surface area contributed by atoms with Crippen LogP contribution in [0.1, 0.15) is 11.1 Å². The Morgan fingerprint density at radius 1 is 1.09 bits per heavy atom. The summed E-state index contributed by atoms with van der Waals surface area (Å²) >= 11 is 0. The molecule has 2 aromatic rings. The van der Waals surface area contributed by atoms with E-state index < -0.39 is 12.0 Å². The fourth-order valence-electron chi connectivity index (χ4n) is 2.45. The molecule has 1 saturated heterocycles. The van der Waals surface area contributed by atoms with Gasteiger partial charge >= 0.3 is 0 Å². The van der Waals surface area contributed by atoms with Gasteiger partial charge in [0.05, 0.1) is 6.61 Å². The SMILES string of the molecule is NC(=O)C1[CH]C(Oc2ccc(Cc3ccccc3)cc2)CO1. The van der Waals surface area contributed by atoms with Crippen LogP contribution in [-0.4, -0.2) is 24.7 Å². The van der Waals surface area contributed by atoms with E-state index in [-0.39, 0.29) is 6.10 Å². The maximum atomic E-state index is 11.0. The normalized spacial score (nSPS) is 20.7. The highest BCUT2D eigenvalue weighted by molar-refractivity contribution is 5.80. The molecule has 1 heterocycles.